The molecule has 29 heavy (non-hydrogen) atoms. The third-order valence-electron chi connectivity index (χ3n) is 7.11. The Hall–Kier alpha value is -2.19. The summed E-state index contributed by atoms with van der Waals surface area (Å²) in [5.74, 6) is -0.800. The van der Waals surface area contributed by atoms with Gasteiger partial charge in [0.25, 0.3) is 5.91 Å². The van der Waals surface area contributed by atoms with E-state index in [-0.39, 0.29) is 24.3 Å². The van der Waals surface area contributed by atoms with E-state index in [1.165, 1.54) is 4.90 Å². The number of carbonyl (C=O) groups excluding carboxylic acids is 3. The van der Waals surface area contributed by atoms with Crippen molar-refractivity contribution in [2.45, 2.75) is 70.7 Å². The van der Waals surface area contributed by atoms with Crippen molar-refractivity contribution in [3.8, 4) is 0 Å². The van der Waals surface area contributed by atoms with E-state index in [0.717, 1.165) is 16.6 Å². The monoisotopic (exact) mass is 398 g/mol. The lowest BCUT2D eigenvalue weighted by atomic mass is 9.63. The molecule has 7 nitrogen and oxygen atoms in total. The van der Waals surface area contributed by atoms with Crippen molar-refractivity contribution in [1.82, 2.24) is 10.2 Å². The van der Waals surface area contributed by atoms with Gasteiger partial charge >= 0.3 is 7.12 Å². The highest BCUT2D eigenvalue weighted by Gasteiger charge is 2.60. The molecule has 1 saturated carbocycles. The van der Waals surface area contributed by atoms with Gasteiger partial charge in [0.15, 0.2) is 0 Å². The van der Waals surface area contributed by atoms with E-state index in [9.17, 15) is 14.4 Å². The molecular weight excluding hydrogens is 371 g/mol. The van der Waals surface area contributed by atoms with E-state index < -0.39 is 23.9 Å². The maximum absolute atomic E-state index is 12.5. The average Bonchev–Trinajstić information content (AvgIpc) is 2.81. The number of amides is 3. The topological polar surface area (TPSA) is 84.9 Å². The van der Waals surface area contributed by atoms with Gasteiger partial charge in [0.05, 0.1) is 11.2 Å². The molecule has 1 N–H and O–H groups in total. The molecule has 1 aromatic carbocycles. The number of imide groups is 1. The number of hydrogen-bond donors (Lipinski definition) is 1. The Labute approximate surface area is 171 Å². The minimum absolute atomic E-state index is 0.188. The van der Waals surface area contributed by atoms with E-state index in [4.69, 9.17) is 9.31 Å². The molecule has 2 bridgehead atoms. The fourth-order valence-corrected chi connectivity index (χ4v) is 4.28. The third kappa shape index (κ3) is 3.00. The first-order chi connectivity index (χ1) is 13.5. The molecule has 3 amide bonds. The summed E-state index contributed by atoms with van der Waals surface area (Å²) in [4.78, 5) is 37.7. The number of piperidine rings is 2. The Morgan fingerprint density at radius 1 is 1.17 bits per heavy atom. The molecule has 0 aromatic heterocycles. The summed E-state index contributed by atoms with van der Waals surface area (Å²) in [6, 6.07) is 5.92. The fourth-order valence-electron chi connectivity index (χ4n) is 4.28. The standard InChI is InChI=1S/C21H27BN2O5/c1-13-6-7-16(22-28-19(2,3)20(4,5)29-22)8-14(13)11-24(12-25)21-9-15(10-21)17(26)23-18(21)27/h6-8,12,15H,9-11H2,1-5H3,(H,23,26,27). The number of benzene rings is 1. The van der Waals surface area contributed by atoms with Gasteiger partial charge in [0, 0.05) is 12.5 Å². The molecule has 0 spiro atoms. The van der Waals surface area contributed by atoms with Gasteiger partial charge in [-0.05, 0) is 64.1 Å². The van der Waals surface area contributed by atoms with Crippen molar-refractivity contribution in [2.24, 2.45) is 5.92 Å². The number of fused-ring (bicyclic) bond motifs is 2. The number of hydrogen-bond acceptors (Lipinski definition) is 5. The molecule has 4 fully saturated rings. The maximum Gasteiger partial charge on any atom is 0.494 e. The van der Waals surface area contributed by atoms with Crippen LogP contribution >= 0.6 is 0 Å². The van der Waals surface area contributed by atoms with Crippen LogP contribution < -0.4 is 10.8 Å². The molecular formula is C21H27BN2O5. The van der Waals surface area contributed by atoms with E-state index in [0.29, 0.717) is 19.3 Å². The molecule has 0 unspecified atom stereocenters. The first-order valence-electron chi connectivity index (χ1n) is 10.0. The molecule has 1 aromatic rings. The molecule has 8 heteroatoms. The second-order valence-electron chi connectivity index (χ2n) is 9.46. The fraction of sp³-hybridized carbons (Fsp3) is 0.571. The van der Waals surface area contributed by atoms with Crippen molar-refractivity contribution in [3.63, 3.8) is 0 Å². The van der Waals surface area contributed by atoms with Crippen LogP contribution in [0, 0.1) is 12.8 Å². The Morgan fingerprint density at radius 2 is 1.79 bits per heavy atom. The zero-order valence-electron chi connectivity index (χ0n) is 17.6. The highest BCUT2D eigenvalue weighted by atomic mass is 16.7. The van der Waals surface area contributed by atoms with Crippen LogP contribution in [-0.2, 0) is 30.2 Å². The van der Waals surface area contributed by atoms with Crippen LogP contribution in [-0.4, -0.2) is 47.0 Å². The molecule has 0 radical (unpaired) electrons. The van der Waals surface area contributed by atoms with E-state index in [2.05, 4.69) is 5.32 Å². The summed E-state index contributed by atoms with van der Waals surface area (Å²) in [6.45, 7) is 10.3. The summed E-state index contributed by atoms with van der Waals surface area (Å²) in [7, 11) is -0.495. The molecule has 1 aliphatic carbocycles. The first kappa shape index (κ1) is 20.1. The van der Waals surface area contributed by atoms with Crippen LogP contribution in [0.1, 0.15) is 51.7 Å². The molecule has 3 heterocycles. The van der Waals surface area contributed by atoms with Crippen LogP contribution in [0.5, 0.6) is 0 Å². The lowest BCUT2D eigenvalue weighted by Crippen LogP contribution is -2.72. The molecule has 3 aliphatic heterocycles. The van der Waals surface area contributed by atoms with Gasteiger partial charge in [-0.3, -0.25) is 19.7 Å². The zero-order chi connectivity index (χ0) is 21.2. The van der Waals surface area contributed by atoms with Crippen molar-refractivity contribution in [1.29, 1.82) is 0 Å². The minimum Gasteiger partial charge on any atom is -0.399 e. The predicted octanol–water partition coefficient (Wildman–Crippen LogP) is 1.06. The summed E-state index contributed by atoms with van der Waals surface area (Å²) in [5.41, 5.74) is 1.01. The number of rotatable bonds is 5. The Morgan fingerprint density at radius 3 is 2.34 bits per heavy atom. The molecule has 4 aliphatic rings. The van der Waals surface area contributed by atoms with Crippen LogP contribution in [0.4, 0.5) is 0 Å². The second kappa shape index (κ2) is 6.41. The van der Waals surface area contributed by atoms with Gasteiger partial charge in [-0.25, -0.2) is 0 Å². The zero-order valence-corrected chi connectivity index (χ0v) is 17.6. The maximum atomic E-state index is 12.5. The highest BCUT2D eigenvalue weighted by Crippen LogP contribution is 2.46. The third-order valence-corrected chi connectivity index (χ3v) is 7.11. The highest BCUT2D eigenvalue weighted by molar-refractivity contribution is 6.62. The van der Waals surface area contributed by atoms with Crippen molar-refractivity contribution in [2.75, 3.05) is 0 Å². The lowest BCUT2D eigenvalue weighted by molar-refractivity contribution is -0.167. The van der Waals surface area contributed by atoms with Crippen LogP contribution in [0.2, 0.25) is 0 Å². The van der Waals surface area contributed by atoms with Crippen LogP contribution in [0.15, 0.2) is 18.2 Å². The number of carbonyl (C=O) groups is 3. The predicted molar refractivity (Wildman–Crippen MR) is 107 cm³/mol. The van der Waals surface area contributed by atoms with Crippen LogP contribution in [0.25, 0.3) is 0 Å². The van der Waals surface area contributed by atoms with Gasteiger partial charge < -0.3 is 14.2 Å². The number of aryl methyl sites for hydroxylation is 1. The summed E-state index contributed by atoms with van der Waals surface area (Å²) in [6.07, 6.45) is 1.51. The molecule has 3 saturated heterocycles. The average molecular weight is 398 g/mol. The van der Waals surface area contributed by atoms with Gasteiger partial charge in [-0.1, -0.05) is 18.2 Å². The second-order valence-corrected chi connectivity index (χ2v) is 9.46. The van der Waals surface area contributed by atoms with Gasteiger partial charge in [0.2, 0.25) is 12.3 Å². The number of nitrogens with one attached hydrogen (secondary N) is 1. The van der Waals surface area contributed by atoms with Crippen molar-refractivity contribution in [3.05, 3.63) is 29.3 Å². The first-order valence-corrected chi connectivity index (χ1v) is 10.0. The van der Waals surface area contributed by atoms with E-state index >= 15 is 0 Å². The Bertz CT molecular complexity index is 875. The summed E-state index contributed by atoms with van der Waals surface area (Å²) in [5, 5.41) is 2.39. The normalized spacial score (nSPS) is 29.3. The SMILES string of the molecule is Cc1ccc(B2OC(C)(C)C(C)(C)O2)cc1CN(C=O)C12CC(C1)C(=O)NC2=O. The summed E-state index contributed by atoms with van der Waals surface area (Å²) >= 11 is 0. The van der Waals surface area contributed by atoms with E-state index in [1.54, 1.807) is 0 Å². The van der Waals surface area contributed by atoms with Crippen molar-refractivity contribution >= 4 is 30.8 Å². The minimum atomic E-state index is -0.923. The van der Waals surface area contributed by atoms with Gasteiger partial charge in [-0.2, -0.15) is 0 Å². The Kier molecular flexibility index (Phi) is 4.44. The van der Waals surface area contributed by atoms with Crippen LogP contribution in [0.3, 0.4) is 0 Å². The quantitative estimate of drug-likeness (QED) is 0.456. The number of nitrogens with zero attached hydrogens (tertiary/aromatic N) is 1. The molecule has 0 atom stereocenters. The molecule has 154 valence electrons. The smallest absolute Gasteiger partial charge is 0.399 e. The lowest BCUT2D eigenvalue weighted by Gasteiger charge is -2.54. The van der Waals surface area contributed by atoms with Gasteiger partial charge in [0.1, 0.15) is 5.54 Å². The van der Waals surface area contributed by atoms with Crippen molar-refractivity contribution < 1.29 is 23.7 Å². The molecule has 5 rings (SSSR count). The summed E-state index contributed by atoms with van der Waals surface area (Å²) < 4.78 is 12.3. The van der Waals surface area contributed by atoms with Gasteiger partial charge in [-0.15, -0.1) is 0 Å². The largest absolute Gasteiger partial charge is 0.494 e. The Balaban J connectivity index is 1.58. The van der Waals surface area contributed by atoms with E-state index in [1.807, 2.05) is 52.8 Å².